The molecule has 7 nitrogen and oxygen atoms in total. The van der Waals surface area contributed by atoms with Crippen molar-refractivity contribution in [1.29, 1.82) is 0 Å². The van der Waals surface area contributed by atoms with Crippen molar-refractivity contribution in [3.05, 3.63) is 78.3 Å². The van der Waals surface area contributed by atoms with Crippen LogP contribution in [0.1, 0.15) is 11.3 Å². The molecule has 8 heteroatoms. The molecule has 0 unspecified atom stereocenters. The number of benzene rings is 2. The number of aryl methyl sites for hydroxylation is 1. The standard InChI is InChI=1S/C20H20N2O5S/c1-15-5-2-7-17(11-15)27-14-20(23)22-16-6-3-9-19(12-16)28(24,25)21-13-18-8-4-10-26-18/h2-12,21H,13-14H2,1H3,(H,22,23). The molecule has 2 aromatic carbocycles. The smallest absolute Gasteiger partial charge is 0.262 e. The minimum absolute atomic E-state index is 0.0379. The first-order valence-corrected chi connectivity index (χ1v) is 10.0. The van der Waals surface area contributed by atoms with Crippen LogP contribution in [0.4, 0.5) is 5.69 Å². The van der Waals surface area contributed by atoms with Crippen molar-refractivity contribution in [1.82, 2.24) is 4.72 Å². The Bertz CT molecular complexity index is 1050. The van der Waals surface area contributed by atoms with E-state index in [2.05, 4.69) is 10.0 Å². The molecule has 1 heterocycles. The minimum atomic E-state index is -3.75. The van der Waals surface area contributed by atoms with Gasteiger partial charge in [-0.15, -0.1) is 0 Å². The molecular weight excluding hydrogens is 380 g/mol. The summed E-state index contributed by atoms with van der Waals surface area (Å²) in [5.41, 5.74) is 1.39. The van der Waals surface area contributed by atoms with Crippen molar-refractivity contribution >= 4 is 21.6 Å². The summed E-state index contributed by atoms with van der Waals surface area (Å²) in [4.78, 5) is 12.1. The lowest BCUT2D eigenvalue weighted by Crippen LogP contribution is -2.24. The van der Waals surface area contributed by atoms with Crippen molar-refractivity contribution in [3.63, 3.8) is 0 Å². The number of furan rings is 1. The molecule has 0 atom stereocenters. The fourth-order valence-electron chi connectivity index (χ4n) is 2.45. The summed E-state index contributed by atoms with van der Waals surface area (Å²) in [5.74, 6) is 0.703. The third-order valence-electron chi connectivity index (χ3n) is 3.80. The van der Waals surface area contributed by atoms with Gasteiger partial charge in [-0.05, 0) is 55.0 Å². The summed E-state index contributed by atoms with van der Waals surface area (Å²) < 4.78 is 37.8. The molecule has 1 amide bonds. The third-order valence-corrected chi connectivity index (χ3v) is 5.20. The van der Waals surface area contributed by atoms with Crippen LogP contribution in [0.5, 0.6) is 5.75 Å². The maximum absolute atomic E-state index is 12.4. The summed E-state index contributed by atoms with van der Waals surface area (Å²) in [6, 6.07) is 16.7. The number of rotatable bonds is 8. The van der Waals surface area contributed by atoms with Crippen LogP contribution < -0.4 is 14.8 Å². The molecular formula is C20H20N2O5S. The number of anilines is 1. The highest BCUT2D eigenvalue weighted by Crippen LogP contribution is 2.17. The molecule has 0 aliphatic heterocycles. The molecule has 0 saturated heterocycles. The Morgan fingerprint density at radius 1 is 1.07 bits per heavy atom. The molecule has 0 saturated carbocycles. The van der Waals surface area contributed by atoms with Crippen LogP contribution in [0, 0.1) is 6.92 Å². The zero-order valence-electron chi connectivity index (χ0n) is 15.2. The van der Waals surface area contributed by atoms with E-state index in [4.69, 9.17) is 9.15 Å². The molecule has 3 aromatic rings. The van der Waals surface area contributed by atoms with Gasteiger partial charge in [0.1, 0.15) is 11.5 Å². The van der Waals surface area contributed by atoms with Gasteiger partial charge in [-0.25, -0.2) is 13.1 Å². The van der Waals surface area contributed by atoms with Crippen LogP contribution in [0.3, 0.4) is 0 Å². The molecule has 0 spiro atoms. The molecule has 0 radical (unpaired) electrons. The van der Waals surface area contributed by atoms with Gasteiger partial charge in [-0.2, -0.15) is 0 Å². The average molecular weight is 400 g/mol. The summed E-state index contributed by atoms with van der Waals surface area (Å²) in [6.07, 6.45) is 1.47. The zero-order chi connectivity index (χ0) is 20.0. The van der Waals surface area contributed by atoms with Crippen molar-refractivity contribution in [3.8, 4) is 5.75 Å². The van der Waals surface area contributed by atoms with Gasteiger partial charge in [0.25, 0.3) is 5.91 Å². The Balaban J connectivity index is 1.59. The number of amides is 1. The summed E-state index contributed by atoms with van der Waals surface area (Å²) in [7, 11) is -3.75. The summed E-state index contributed by atoms with van der Waals surface area (Å²) in [5, 5.41) is 2.63. The van der Waals surface area contributed by atoms with Gasteiger partial charge in [0, 0.05) is 5.69 Å². The lowest BCUT2D eigenvalue weighted by molar-refractivity contribution is -0.118. The maximum atomic E-state index is 12.4. The van der Waals surface area contributed by atoms with Crippen LogP contribution in [0.2, 0.25) is 0 Å². The van der Waals surface area contributed by atoms with Crippen LogP contribution in [-0.4, -0.2) is 20.9 Å². The summed E-state index contributed by atoms with van der Waals surface area (Å²) >= 11 is 0. The van der Waals surface area contributed by atoms with Crippen molar-refractivity contribution in [2.75, 3.05) is 11.9 Å². The molecule has 3 rings (SSSR count). The maximum Gasteiger partial charge on any atom is 0.262 e. The minimum Gasteiger partial charge on any atom is -0.484 e. The predicted molar refractivity (Wildman–Crippen MR) is 104 cm³/mol. The van der Waals surface area contributed by atoms with Gasteiger partial charge in [-0.3, -0.25) is 4.79 Å². The van der Waals surface area contributed by atoms with Gasteiger partial charge in [0.2, 0.25) is 10.0 Å². The van der Waals surface area contributed by atoms with Gasteiger partial charge < -0.3 is 14.5 Å². The first-order valence-electron chi connectivity index (χ1n) is 8.54. The first-order chi connectivity index (χ1) is 13.4. The van der Waals surface area contributed by atoms with Crippen LogP contribution in [0.25, 0.3) is 0 Å². The highest BCUT2D eigenvalue weighted by atomic mass is 32.2. The number of hydrogen-bond acceptors (Lipinski definition) is 5. The fourth-order valence-corrected chi connectivity index (χ4v) is 3.49. The van der Waals surface area contributed by atoms with Gasteiger partial charge in [0.15, 0.2) is 6.61 Å². The van der Waals surface area contributed by atoms with E-state index in [1.54, 1.807) is 30.3 Å². The number of sulfonamides is 1. The monoisotopic (exact) mass is 400 g/mol. The topological polar surface area (TPSA) is 97.6 Å². The van der Waals surface area contributed by atoms with E-state index >= 15 is 0 Å². The first kappa shape index (κ1) is 19.7. The van der Waals surface area contributed by atoms with Gasteiger partial charge >= 0.3 is 0 Å². The Hall–Kier alpha value is -3.10. The molecule has 0 bridgehead atoms. The average Bonchev–Trinajstić information content (AvgIpc) is 3.19. The van der Waals surface area contributed by atoms with E-state index < -0.39 is 10.0 Å². The van der Waals surface area contributed by atoms with Crippen molar-refractivity contribution < 1.29 is 22.4 Å². The fraction of sp³-hybridized carbons (Fsp3) is 0.150. The van der Waals surface area contributed by atoms with Crippen LogP contribution in [-0.2, 0) is 21.4 Å². The summed E-state index contributed by atoms with van der Waals surface area (Å²) in [6.45, 7) is 1.78. The Morgan fingerprint density at radius 3 is 2.64 bits per heavy atom. The third kappa shape index (κ3) is 5.45. The van der Waals surface area contributed by atoms with E-state index in [-0.39, 0.29) is 24.0 Å². The highest BCUT2D eigenvalue weighted by Gasteiger charge is 2.15. The number of ether oxygens (including phenoxy) is 1. The second kappa shape index (κ2) is 8.73. The largest absolute Gasteiger partial charge is 0.484 e. The van der Waals surface area contributed by atoms with E-state index in [1.807, 2.05) is 25.1 Å². The number of nitrogens with one attached hydrogen (secondary N) is 2. The van der Waals surface area contributed by atoms with Gasteiger partial charge in [-0.1, -0.05) is 18.2 Å². The molecule has 0 aliphatic carbocycles. The normalized spacial score (nSPS) is 11.2. The lowest BCUT2D eigenvalue weighted by Gasteiger charge is -2.10. The quantitative estimate of drug-likeness (QED) is 0.606. The number of carbonyl (C=O) groups excluding carboxylic acids is 1. The lowest BCUT2D eigenvalue weighted by atomic mass is 10.2. The van der Waals surface area contributed by atoms with Crippen LogP contribution in [0.15, 0.2) is 76.2 Å². The Labute approximate surface area is 163 Å². The van der Waals surface area contributed by atoms with E-state index in [1.165, 1.54) is 18.4 Å². The predicted octanol–water partition coefficient (Wildman–Crippen LogP) is 3.08. The molecule has 2 N–H and O–H groups in total. The number of carbonyl (C=O) groups is 1. The zero-order valence-corrected chi connectivity index (χ0v) is 16.0. The van der Waals surface area contributed by atoms with Crippen molar-refractivity contribution in [2.45, 2.75) is 18.4 Å². The SMILES string of the molecule is Cc1cccc(OCC(=O)Nc2cccc(S(=O)(=O)NCc3ccco3)c2)c1. The molecule has 146 valence electrons. The second-order valence-electron chi connectivity index (χ2n) is 6.09. The Morgan fingerprint density at radius 2 is 1.89 bits per heavy atom. The van der Waals surface area contributed by atoms with E-state index in [0.717, 1.165) is 5.56 Å². The van der Waals surface area contributed by atoms with Crippen LogP contribution >= 0.6 is 0 Å². The molecule has 0 fully saturated rings. The van der Waals surface area contributed by atoms with E-state index in [9.17, 15) is 13.2 Å². The Kier molecular flexibility index (Phi) is 6.13. The molecule has 1 aromatic heterocycles. The van der Waals surface area contributed by atoms with Crippen molar-refractivity contribution in [2.24, 2.45) is 0 Å². The number of hydrogen-bond donors (Lipinski definition) is 2. The van der Waals surface area contributed by atoms with E-state index in [0.29, 0.717) is 17.2 Å². The highest BCUT2D eigenvalue weighted by molar-refractivity contribution is 7.89. The second-order valence-corrected chi connectivity index (χ2v) is 7.85. The molecule has 28 heavy (non-hydrogen) atoms. The van der Waals surface area contributed by atoms with Gasteiger partial charge in [0.05, 0.1) is 17.7 Å². The molecule has 0 aliphatic rings.